The van der Waals surface area contributed by atoms with Crippen LogP contribution in [0, 0.1) is 5.41 Å². The second-order valence-corrected chi connectivity index (χ2v) is 6.71. The maximum atomic E-state index is 11.7. The van der Waals surface area contributed by atoms with Gasteiger partial charge in [-0.25, -0.2) is 0 Å². The monoisotopic (exact) mass is 254 g/mol. The van der Waals surface area contributed by atoms with Crippen LogP contribution < -0.4 is 10.6 Å². The lowest BCUT2D eigenvalue weighted by molar-refractivity contribution is -0.121. The van der Waals surface area contributed by atoms with Crippen molar-refractivity contribution in [2.75, 3.05) is 13.1 Å². The molecule has 0 aromatic heterocycles. The van der Waals surface area contributed by atoms with Crippen LogP contribution in [0.3, 0.4) is 0 Å². The molecule has 0 heterocycles. The minimum atomic E-state index is 0.213. The third-order valence-corrected chi connectivity index (χ3v) is 3.55. The molecule has 0 aliphatic heterocycles. The smallest absolute Gasteiger partial charge is 0.221 e. The Balaban J connectivity index is 1.99. The van der Waals surface area contributed by atoms with Gasteiger partial charge in [-0.15, -0.1) is 0 Å². The fraction of sp³-hybridized carbons (Fsp3) is 0.933. The molecule has 2 N–H and O–H groups in total. The van der Waals surface area contributed by atoms with Gasteiger partial charge in [-0.1, -0.05) is 40.0 Å². The highest BCUT2D eigenvalue weighted by atomic mass is 16.1. The van der Waals surface area contributed by atoms with E-state index in [0.717, 1.165) is 19.5 Å². The van der Waals surface area contributed by atoms with E-state index in [-0.39, 0.29) is 5.91 Å². The molecule has 106 valence electrons. The Morgan fingerprint density at radius 3 is 2.39 bits per heavy atom. The third-order valence-electron chi connectivity index (χ3n) is 3.55. The highest BCUT2D eigenvalue weighted by Crippen LogP contribution is 2.17. The van der Waals surface area contributed by atoms with Crippen LogP contribution in [0.1, 0.15) is 65.7 Å². The van der Waals surface area contributed by atoms with Crippen LogP contribution in [-0.2, 0) is 4.79 Å². The van der Waals surface area contributed by atoms with Gasteiger partial charge in [-0.3, -0.25) is 4.79 Å². The van der Waals surface area contributed by atoms with Crippen LogP contribution >= 0.6 is 0 Å². The van der Waals surface area contributed by atoms with Gasteiger partial charge in [0, 0.05) is 19.0 Å². The summed E-state index contributed by atoms with van der Waals surface area (Å²) in [5, 5.41) is 6.50. The summed E-state index contributed by atoms with van der Waals surface area (Å²) in [5.41, 5.74) is 0.372. The zero-order valence-electron chi connectivity index (χ0n) is 12.3. The fourth-order valence-electron chi connectivity index (χ4n) is 2.34. The number of rotatable bonds is 6. The largest absolute Gasteiger partial charge is 0.353 e. The van der Waals surface area contributed by atoms with E-state index in [9.17, 15) is 4.79 Å². The first-order chi connectivity index (χ1) is 8.47. The van der Waals surface area contributed by atoms with Crippen molar-refractivity contribution in [2.24, 2.45) is 5.41 Å². The molecule has 3 nitrogen and oxygen atoms in total. The summed E-state index contributed by atoms with van der Waals surface area (Å²) < 4.78 is 0. The molecule has 0 saturated heterocycles. The summed E-state index contributed by atoms with van der Waals surface area (Å²) in [6.45, 7) is 8.52. The van der Waals surface area contributed by atoms with Crippen LogP contribution in [0.5, 0.6) is 0 Å². The number of amides is 1. The Morgan fingerprint density at radius 2 is 1.78 bits per heavy atom. The first-order valence-electron chi connectivity index (χ1n) is 7.47. The Hall–Kier alpha value is -0.570. The van der Waals surface area contributed by atoms with E-state index in [1.807, 2.05) is 0 Å². The molecule has 0 aromatic rings. The Labute approximate surface area is 112 Å². The molecule has 0 unspecified atom stereocenters. The number of nitrogens with one attached hydrogen (secondary N) is 2. The molecule has 1 fully saturated rings. The molecule has 0 spiro atoms. The van der Waals surface area contributed by atoms with Crippen molar-refractivity contribution >= 4 is 5.91 Å². The lowest BCUT2D eigenvalue weighted by Crippen LogP contribution is -2.37. The summed E-state index contributed by atoms with van der Waals surface area (Å²) in [7, 11) is 0. The zero-order chi connectivity index (χ0) is 13.4. The van der Waals surface area contributed by atoms with Crippen molar-refractivity contribution in [3.8, 4) is 0 Å². The minimum Gasteiger partial charge on any atom is -0.353 e. The molecular formula is C15H30N2O. The summed E-state index contributed by atoms with van der Waals surface area (Å²) in [4.78, 5) is 11.7. The summed E-state index contributed by atoms with van der Waals surface area (Å²) in [6, 6.07) is 0.445. The molecule has 0 aromatic carbocycles. The molecule has 18 heavy (non-hydrogen) atoms. The number of carbonyl (C=O) groups excluding carboxylic acids is 1. The SMILES string of the molecule is CC(C)(C)CCNCCC(=O)NC1CCCCC1. The van der Waals surface area contributed by atoms with Crippen LogP contribution in [-0.4, -0.2) is 25.0 Å². The van der Waals surface area contributed by atoms with Crippen molar-refractivity contribution in [1.82, 2.24) is 10.6 Å². The van der Waals surface area contributed by atoms with Crippen molar-refractivity contribution in [3.05, 3.63) is 0 Å². The lowest BCUT2D eigenvalue weighted by atomic mass is 9.92. The molecule has 1 aliphatic rings. The van der Waals surface area contributed by atoms with Gasteiger partial charge < -0.3 is 10.6 Å². The van der Waals surface area contributed by atoms with Gasteiger partial charge in [-0.05, 0) is 31.2 Å². The fourth-order valence-corrected chi connectivity index (χ4v) is 2.34. The summed E-state index contributed by atoms with van der Waals surface area (Å²) in [6.07, 6.45) is 7.98. The van der Waals surface area contributed by atoms with E-state index in [0.29, 0.717) is 17.9 Å². The average Bonchev–Trinajstić information content (AvgIpc) is 2.28. The first kappa shape index (κ1) is 15.5. The normalized spacial score (nSPS) is 17.7. The molecule has 0 atom stereocenters. The van der Waals surface area contributed by atoms with E-state index < -0.39 is 0 Å². The van der Waals surface area contributed by atoms with Crippen molar-refractivity contribution < 1.29 is 4.79 Å². The molecular weight excluding hydrogens is 224 g/mol. The van der Waals surface area contributed by atoms with Gasteiger partial charge in [0.25, 0.3) is 0 Å². The van der Waals surface area contributed by atoms with Crippen molar-refractivity contribution in [3.63, 3.8) is 0 Å². The average molecular weight is 254 g/mol. The minimum absolute atomic E-state index is 0.213. The highest BCUT2D eigenvalue weighted by Gasteiger charge is 2.15. The van der Waals surface area contributed by atoms with Gasteiger partial charge in [0.1, 0.15) is 0 Å². The predicted octanol–water partition coefficient (Wildman–Crippen LogP) is 2.85. The molecule has 1 aliphatic carbocycles. The highest BCUT2D eigenvalue weighted by molar-refractivity contribution is 5.76. The maximum Gasteiger partial charge on any atom is 0.221 e. The topological polar surface area (TPSA) is 41.1 Å². The van der Waals surface area contributed by atoms with Crippen LogP contribution in [0.4, 0.5) is 0 Å². The second kappa shape index (κ2) is 7.78. The van der Waals surface area contributed by atoms with Crippen molar-refractivity contribution in [1.29, 1.82) is 0 Å². The molecule has 3 heteroatoms. The van der Waals surface area contributed by atoms with Gasteiger partial charge in [-0.2, -0.15) is 0 Å². The standard InChI is InChI=1S/C15H30N2O/c1-15(2,3)10-12-16-11-9-14(18)17-13-7-5-4-6-8-13/h13,16H,4-12H2,1-3H3,(H,17,18). The third kappa shape index (κ3) is 7.70. The first-order valence-corrected chi connectivity index (χ1v) is 7.47. The maximum absolute atomic E-state index is 11.7. The zero-order valence-corrected chi connectivity index (χ0v) is 12.3. The van der Waals surface area contributed by atoms with E-state index in [4.69, 9.17) is 0 Å². The Kier molecular flexibility index (Phi) is 6.69. The second-order valence-electron chi connectivity index (χ2n) is 6.71. The van der Waals surface area contributed by atoms with Gasteiger partial charge in [0.15, 0.2) is 0 Å². The quantitative estimate of drug-likeness (QED) is 0.716. The van der Waals surface area contributed by atoms with Crippen molar-refractivity contribution in [2.45, 2.75) is 71.8 Å². The molecule has 1 amide bonds. The summed E-state index contributed by atoms with van der Waals surface area (Å²) in [5.74, 6) is 0.213. The molecule has 0 radical (unpaired) electrons. The van der Waals surface area contributed by atoms with E-state index in [1.54, 1.807) is 0 Å². The molecule has 0 bridgehead atoms. The van der Waals surface area contributed by atoms with E-state index in [1.165, 1.54) is 32.1 Å². The van der Waals surface area contributed by atoms with Crippen LogP contribution in [0.25, 0.3) is 0 Å². The van der Waals surface area contributed by atoms with E-state index >= 15 is 0 Å². The lowest BCUT2D eigenvalue weighted by Gasteiger charge is -2.23. The summed E-state index contributed by atoms with van der Waals surface area (Å²) >= 11 is 0. The van der Waals surface area contributed by atoms with Gasteiger partial charge >= 0.3 is 0 Å². The number of hydrogen-bond acceptors (Lipinski definition) is 2. The molecule has 1 rings (SSSR count). The van der Waals surface area contributed by atoms with Gasteiger partial charge in [0.2, 0.25) is 5.91 Å². The van der Waals surface area contributed by atoms with Gasteiger partial charge in [0.05, 0.1) is 0 Å². The van der Waals surface area contributed by atoms with Crippen LogP contribution in [0.2, 0.25) is 0 Å². The van der Waals surface area contributed by atoms with Crippen LogP contribution in [0.15, 0.2) is 0 Å². The number of hydrogen-bond donors (Lipinski definition) is 2. The number of carbonyl (C=O) groups is 1. The molecule has 1 saturated carbocycles. The Morgan fingerprint density at radius 1 is 1.11 bits per heavy atom. The van der Waals surface area contributed by atoms with E-state index in [2.05, 4.69) is 31.4 Å². The predicted molar refractivity (Wildman–Crippen MR) is 76.6 cm³/mol. The Bertz CT molecular complexity index is 239.